The third kappa shape index (κ3) is 3.80. The third-order valence-electron chi connectivity index (χ3n) is 3.09. The molecule has 0 aliphatic heterocycles. The van der Waals surface area contributed by atoms with Crippen molar-refractivity contribution in [1.82, 2.24) is 15.0 Å². The van der Waals surface area contributed by atoms with Crippen molar-refractivity contribution < 1.29 is 30.1 Å². The Morgan fingerprint density at radius 1 is 1.22 bits per heavy atom. The predicted octanol–water partition coefficient (Wildman–Crippen LogP) is 3.11. The molecule has 0 fully saturated rings. The van der Waals surface area contributed by atoms with Gasteiger partial charge >= 0.3 is 0 Å². The van der Waals surface area contributed by atoms with Gasteiger partial charge in [0.15, 0.2) is 0 Å². The number of aryl methyl sites for hydroxylation is 1. The third-order valence-corrected chi connectivity index (χ3v) is 3.09. The standard InChI is InChI=1S/C15H11N4O3.Pd/c1-10-6-15(17-8-14(10)19(20)21)22-12-4-2-11(3-5-12)13-7-16-9-18-13;/h2-9H,1H3;/q-1;. The Balaban J connectivity index is 0.00000192. The number of imidazole rings is 1. The average Bonchev–Trinajstić information content (AvgIpc) is 3.02. The molecule has 0 amide bonds. The first kappa shape index (κ1) is 16.8. The molecule has 3 aromatic rings. The summed E-state index contributed by atoms with van der Waals surface area (Å²) >= 11 is 0. The van der Waals surface area contributed by atoms with E-state index in [-0.39, 0.29) is 26.1 Å². The van der Waals surface area contributed by atoms with Crippen molar-refractivity contribution in [2.24, 2.45) is 0 Å². The fourth-order valence-corrected chi connectivity index (χ4v) is 1.97. The van der Waals surface area contributed by atoms with E-state index in [1.165, 1.54) is 18.6 Å². The number of aromatic nitrogens is 3. The number of benzene rings is 1. The summed E-state index contributed by atoms with van der Waals surface area (Å²) in [6.07, 6.45) is 4.36. The van der Waals surface area contributed by atoms with Gasteiger partial charge in [-0.15, -0.1) is 0 Å². The zero-order chi connectivity index (χ0) is 15.5. The zero-order valence-electron chi connectivity index (χ0n) is 11.9. The fourth-order valence-electron chi connectivity index (χ4n) is 1.97. The molecule has 0 N–H and O–H groups in total. The number of rotatable bonds is 4. The number of pyridine rings is 1. The SMILES string of the molecule is Cc1cc(Oc2ccc(-c3c[n-]cn3)cc2)ncc1[N+](=O)[O-].[Pd]. The van der Waals surface area contributed by atoms with Gasteiger partial charge in [-0.2, -0.15) is 0 Å². The number of nitrogens with zero attached hydrogens (tertiary/aromatic N) is 4. The van der Waals surface area contributed by atoms with Crippen LogP contribution in [0.25, 0.3) is 11.3 Å². The molecule has 0 atom stereocenters. The van der Waals surface area contributed by atoms with Gasteiger partial charge in [0, 0.05) is 32.1 Å². The fraction of sp³-hybridized carbons (Fsp3) is 0.0667. The second-order valence-corrected chi connectivity index (χ2v) is 4.60. The Hall–Kier alpha value is -2.56. The second kappa shape index (κ2) is 7.14. The van der Waals surface area contributed by atoms with Crippen LogP contribution in [0, 0.1) is 17.0 Å². The van der Waals surface area contributed by atoms with E-state index in [1.807, 2.05) is 12.1 Å². The minimum atomic E-state index is -0.470. The number of nitro groups is 1. The van der Waals surface area contributed by atoms with Gasteiger partial charge in [0.1, 0.15) is 11.9 Å². The van der Waals surface area contributed by atoms with E-state index in [9.17, 15) is 10.1 Å². The van der Waals surface area contributed by atoms with Crippen LogP contribution in [0.1, 0.15) is 5.56 Å². The van der Waals surface area contributed by atoms with Crippen molar-refractivity contribution in [3.63, 3.8) is 0 Å². The van der Waals surface area contributed by atoms with Crippen LogP contribution >= 0.6 is 0 Å². The van der Waals surface area contributed by atoms with Gasteiger partial charge in [-0.05, 0) is 30.3 Å². The summed E-state index contributed by atoms with van der Waals surface area (Å²) in [5, 5.41) is 10.8. The minimum absolute atomic E-state index is 0. The Morgan fingerprint density at radius 3 is 2.52 bits per heavy atom. The van der Waals surface area contributed by atoms with Gasteiger partial charge in [-0.25, -0.2) is 4.98 Å². The van der Waals surface area contributed by atoms with Gasteiger partial charge in [0.05, 0.1) is 4.92 Å². The number of hydrogen-bond acceptors (Lipinski definition) is 5. The molecule has 0 spiro atoms. The molecule has 0 aliphatic rings. The molecular weight excluding hydrogens is 391 g/mol. The molecule has 0 unspecified atom stereocenters. The molecule has 0 saturated heterocycles. The summed E-state index contributed by atoms with van der Waals surface area (Å²) in [5.74, 6) is 0.896. The van der Waals surface area contributed by atoms with E-state index >= 15 is 0 Å². The Bertz CT molecular complexity index is 804. The largest absolute Gasteiger partial charge is 0.449 e. The molecule has 0 radical (unpaired) electrons. The van der Waals surface area contributed by atoms with Crippen LogP contribution in [-0.2, 0) is 20.4 Å². The maximum atomic E-state index is 10.8. The molecule has 1 aromatic carbocycles. The van der Waals surface area contributed by atoms with E-state index in [2.05, 4.69) is 15.0 Å². The summed E-state index contributed by atoms with van der Waals surface area (Å²) in [4.78, 5) is 22.3. The predicted molar refractivity (Wildman–Crippen MR) is 78.7 cm³/mol. The summed E-state index contributed by atoms with van der Waals surface area (Å²) in [6.45, 7) is 1.64. The van der Waals surface area contributed by atoms with Crippen LogP contribution in [0.4, 0.5) is 5.69 Å². The normalized spacial score (nSPS) is 9.96. The first-order valence-electron chi connectivity index (χ1n) is 6.45. The number of hydrogen-bond donors (Lipinski definition) is 0. The minimum Gasteiger partial charge on any atom is -0.449 e. The summed E-state index contributed by atoms with van der Waals surface area (Å²) in [7, 11) is 0. The Morgan fingerprint density at radius 2 is 1.96 bits per heavy atom. The molecule has 120 valence electrons. The molecular formula is C15H11N4O3Pd-. The van der Waals surface area contributed by atoms with Crippen molar-refractivity contribution in [1.29, 1.82) is 0 Å². The first-order chi connectivity index (χ1) is 10.6. The maximum absolute atomic E-state index is 10.8. The maximum Gasteiger partial charge on any atom is 0.290 e. The van der Waals surface area contributed by atoms with E-state index in [0.29, 0.717) is 17.2 Å². The van der Waals surface area contributed by atoms with Gasteiger partial charge < -0.3 is 14.7 Å². The van der Waals surface area contributed by atoms with E-state index in [1.54, 1.807) is 25.3 Å². The molecule has 2 aromatic heterocycles. The van der Waals surface area contributed by atoms with Gasteiger partial charge in [0.25, 0.3) is 5.69 Å². The molecule has 0 saturated carbocycles. The second-order valence-electron chi connectivity index (χ2n) is 4.60. The molecule has 0 aliphatic carbocycles. The Kier molecular flexibility index (Phi) is 5.21. The van der Waals surface area contributed by atoms with Crippen molar-refractivity contribution in [2.45, 2.75) is 6.92 Å². The van der Waals surface area contributed by atoms with Crippen molar-refractivity contribution in [3.8, 4) is 22.9 Å². The molecule has 7 nitrogen and oxygen atoms in total. The van der Waals surface area contributed by atoms with E-state index in [0.717, 1.165) is 11.3 Å². The van der Waals surface area contributed by atoms with Crippen LogP contribution in [0.3, 0.4) is 0 Å². The van der Waals surface area contributed by atoms with Gasteiger partial charge in [-0.3, -0.25) is 10.1 Å². The molecule has 2 heterocycles. The smallest absolute Gasteiger partial charge is 0.290 e. The first-order valence-corrected chi connectivity index (χ1v) is 6.45. The van der Waals surface area contributed by atoms with Crippen LogP contribution in [-0.4, -0.2) is 14.9 Å². The van der Waals surface area contributed by atoms with E-state index in [4.69, 9.17) is 4.74 Å². The van der Waals surface area contributed by atoms with Crippen molar-refractivity contribution in [2.75, 3.05) is 0 Å². The quantitative estimate of drug-likeness (QED) is 0.379. The van der Waals surface area contributed by atoms with Gasteiger partial charge in [-0.1, -0.05) is 24.7 Å². The van der Waals surface area contributed by atoms with Crippen molar-refractivity contribution in [3.05, 3.63) is 64.7 Å². The molecule has 0 bridgehead atoms. The summed E-state index contributed by atoms with van der Waals surface area (Å²) < 4.78 is 5.60. The van der Waals surface area contributed by atoms with Crippen LogP contribution in [0.5, 0.6) is 11.6 Å². The number of ether oxygens (including phenoxy) is 1. The van der Waals surface area contributed by atoms with E-state index < -0.39 is 4.92 Å². The molecule has 23 heavy (non-hydrogen) atoms. The zero-order valence-corrected chi connectivity index (χ0v) is 13.5. The summed E-state index contributed by atoms with van der Waals surface area (Å²) in [5.41, 5.74) is 2.18. The Labute approximate surface area is 145 Å². The topological polar surface area (TPSA) is 92.2 Å². The van der Waals surface area contributed by atoms with Crippen molar-refractivity contribution >= 4 is 5.69 Å². The van der Waals surface area contributed by atoms with Crippen LogP contribution in [0.2, 0.25) is 0 Å². The van der Waals surface area contributed by atoms with Gasteiger partial charge in [0.2, 0.25) is 5.88 Å². The van der Waals surface area contributed by atoms with Crippen LogP contribution in [0.15, 0.2) is 49.1 Å². The molecule has 3 rings (SSSR count). The summed E-state index contributed by atoms with van der Waals surface area (Å²) in [6, 6.07) is 8.81. The average molecular weight is 402 g/mol. The monoisotopic (exact) mass is 401 g/mol. The molecule has 8 heteroatoms. The van der Waals surface area contributed by atoms with Crippen LogP contribution < -0.4 is 9.72 Å².